The molecule has 0 bridgehead atoms. The summed E-state index contributed by atoms with van der Waals surface area (Å²) in [5.41, 5.74) is 0.362. The van der Waals surface area contributed by atoms with Gasteiger partial charge in [-0.2, -0.15) is 10.2 Å². The SMILES string of the molecule is COc1ccc(Cl)c(NC(=O)C(N=Nc2ccc(Cl)c(OC)c2OC)C(C)=O)c1OC. The lowest BCUT2D eigenvalue weighted by atomic mass is 10.2. The molecule has 0 aliphatic rings. The number of amides is 1. The predicted octanol–water partition coefficient (Wildman–Crippen LogP) is 4.71. The molecule has 0 saturated carbocycles. The first-order valence-corrected chi connectivity index (χ1v) is 9.57. The minimum absolute atomic E-state index is 0.140. The molecule has 2 aromatic rings. The highest BCUT2D eigenvalue weighted by Gasteiger charge is 2.26. The molecule has 1 N–H and O–H groups in total. The molecule has 0 aliphatic carbocycles. The number of nitrogens with one attached hydrogen (secondary N) is 1. The summed E-state index contributed by atoms with van der Waals surface area (Å²) < 4.78 is 21.0. The number of ketones is 1. The average molecular weight is 470 g/mol. The van der Waals surface area contributed by atoms with E-state index in [4.69, 9.17) is 42.1 Å². The third-order valence-electron chi connectivity index (χ3n) is 4.11. The minimum Gasteiger partial charge on any atom is -0.493 e. The maximum atomic E-state index is 12.8. The van der Waals surface area contributed by atoms with Crippen LogP contribution in [0.5, 0.6) is 23.0 Å². The Bertz CT molecular complexity index is 1010. The number of carbonyl (C=O) groups excluding carboxylic acids is 2. The standard InChI is InChI=1S/C20H21Cl2N3O6/c1-10(26)15(25-24-13-8-6-12(22)17(29-3)18(13)30-4)20(27)23-16-11(21)7-9-14(28-2)19(16)31-5/h6-9,15H,1-5H3,(H,23,27). The van der Waals surface area contributed by atoms with E-state index in [1.807, 2.05) is 0 Å². The van der Waals surface area contributed by atoms with Crippen LogP contribution in [0.3, 0.4) is 0 Å². The van der Waals surface area contributed by atoms with Gasteiger partial charge in [0.05, 0.1) is 38.5 Å². The summed E-state index contributed by atoms with van der Waals surface area (Å²) >= 11 is 12.3. The number of halogens is 2. The molecule has 0 spiro atoms. The third-order valence-corrected chi connectivity index (χ3v) is 4.72. The van der Waals surface area contributed by atoms with Crippen molar-refractivity contribution in [3.63, 3.8) is 0 Å². The van der Waals surface area contributed by atoms with E-state index in [1.54, 1.807) is 6.07 Å². The van der Waals surface area contributed by atoms with Gasteiger partial charge in [0, 0.05) is 0 Å². The van der Waals surface area contributed by atoms with Crippen LogP contribution in [0.2, 0.25) is 10.0 Å². The van der Waals surface area contributed by atoms with Crippen molar-refractivity contribution < 1.29 is 28.5 Å². The van der Waals surface area contributed by atoms with Crippen molar-refractivity contribution in [2.75, 3.05) is 33.8 Å². The summed E-state index contributed by atoms with van der Waals surface area (Å²) in [4.78, 5) is 24.9. The lowest BCUT2D eigenvalue weighted by Crippen LogP contribution is -2.32. The van der Waals surface area contributed by atoms with Crippen molar-refractivity contribution >= 4 is 46.3 Å². The molecule has 9 nitrogen and oxygen atoms in total. The van der Waals surface area contributed by atoms with Crippen LogP contribution in [-0.4, -0.2) is 46.2 Å². The maximum Gasteiger partial charge on any atom is 0.258 e. The van der Waals surface area contributed by atoms with Crippen molar-refractivity contribution in [1.29, 1.82) is 0 Å². The monoisotopic (exact) mass is 469 g/mol. The zero-order valence-electron chi connectivity index (χ0n) is 17.5. The van der Waals surface area contributed by atoms with Gasteiger partial charge in [-0.1, -0.05) is 23.2 Å². The number of ether oxygens (including phenoxy) is 4. The molecule has 0 aliphatic heterocycles. The van der Waals surface area contributed by atoms with Crippen LogP contribution < -0.4 is 24.3 Å². The van der Waals surface area contributed by atoms with Crippen LogP contribution in [0, 0.1) is 0 Å². The third kappa shape index (κ3) is 5.36. The zero-order valence-corrected chi connectivity index (χ0v) is 19.0. The lowest BCUT2D eigenvalue weighted by molar-refractivity contribution is -0.126. The lowest BCUT2D eigenvalue weighted by Gasteiger charge is -2.16. The van der Waals surface area contributed by atoms with Gasteiger partial charge in [-0.15, -0.1) is 0 Å². The van der Waals surface area contributed by atoms with Gasteiger partial charge in [0.25, 0.3) is 5.91 Å². The molecular formula is C20H21Cl2N3O6. The largest absolute Gasteiger partial charge is 0.493 e. The second-order valence-corrected chi connectivity index (χ2v) is 6.82. The van der Waals surface area contributed by atoms with E-state index >= 15 is 0 Å². The number of hydrogen-bond donors (Lipinski definition) is 1. The zero-order chi connectivity index (χ0) is 23.1. The fraction of sp³-hybridized carbons (Fsp3) is 0.300. The molecule has 0 radical (unpaired) electrons. The van der Waals surface area contributed by atoms with Crippen LogP contribution >= 0.6 is 23.2 Å². The summed E-state index contributed by atoms with van der Waals surface area (Å²) in [5, 5.41) is 10.9. The van der Waals surface area contributed by atoms with Crippen LogP contribution in [0.25, 0.3) is 0 Å². The fourth-order valence-electron chi connectivity index (χ4n) is 2.64. The predicted molar refractivity (Wildman–Crippen MR) is 117 cm³/mol. The molecule has 11 heteroatoms. The van der Waals surface area contributed by atoms with Crippen LogP contribution in [0.4, 0.5) is 11.4 Å². The Morgan fingerprint density at radius 2 is 1.48 bits per heavy atom. The first-order chi connectivity index (χ1) is 14.8. The summed E-state index contributed by atoms with van der Waals surface area (Å²) in [6, 6.07) is 4.69. The number of methoxy groups -OCH3 is 4. The Labute approximate surface area is 189 Å². The minimum atomic E-state index is -1.46. The molecule has 2 rings (SSSR count). The number of benzene rings is 2. The molecule has 0 fully saturated rings. The average Bonchev–Trinajstić information content (AvgIpc) is 2.75. The van der Waals surface area contributed by atoms with E-state index in [0.717, 1.165) is 0 Å². The highest BCUT2D eigenvalue weighted by molar-refractivity contribution is 6.34. The number of azo groups is 1. The summed E-state index contributed by atoms with van der Waals surface area (Å²) in [6.07, 6.45) is 0. The van der Waals surface area contributed by atoms with Gasteiger partial charge >= 0.3 is 0 Å². The number of rotatable bonds is 9. The Balaban J connectivity index is 2.39. The Morgan fingerprint density at radius 1 is 0.871 bits per heavy atom. The van der Waals surface area contributed by atoms with Crippen LogP contribution in [0.1, 0.15) is 6.92 Å². The molecule has 1 atom stereocenters. The first-order valence-electron chi connectivity index (χ1n) is 8.82. The molecular weight excluding hydrogens is 449 g/mol. The van der Waals surface area contributed by atoms with E-state index in [-0.39, 0.29) is 33.6 Å². The van der Waals surface area contributed by atoms with Crippen LogP contribution in [-0.2, 0) is 9.59 Å². The van der Waals surface area contributed by atoms with Gasteiger partial charge in [-0.25, -0.2) is 0 Å². The molecule has 0 heterocycles. The van der Waals surface area contributed by atoms with Crippen molar-refractivity contribution in [3.05, 3.63) is 34.3 Å². The van der Waals surface area contributed by atoms with E-state index in [0.29, 0.717) is 10.8 Å². The maximum absolute atomic E-state index is 12.8. The van der Waals surface area contributed by atoms with Gasteiger partial charge < -0.3 is 24.3 Å². The van der Waals surface area contributed by atoms with Crippen molar-refractivity contribution in [1.82, 2.24) is 0 Å². The number of carbonyl (C=O) groups is 2. The molecule has 1 amide bonds. The van der Waals surface area contributed by atoms with Crippen molar-refractivity contribution in [2.24, 2.45) is 10.2 Å². The summed E-state index contributed by atoms with van der Waals surface area (Å²) in [5.74, 6) is -0.298. The summed E-state index contributed by atoms with van der Waals surface area (Å²) in [7, 11) is 5.66. The summed E-state index contributed by atoms with van der Waals surface area (Å²) in [6.45, 7) is 1.22. The number of nitrogens with zero attached hydrogens (tertiary/aromatic N) is 2. The smallest absolute Gasteiger partial charge is 0.258 e. The van der Waals surface area contributed by atoms with Gasteiger partial charge in [0.15, 0.2) is 28.8 Å². The second-order valence-electron chi connectivity index (χ2n) is 6.01. The number of Topliss-reactive ketones (excluding diaryl/α,β-unsaturated/α-hetero) is 1. The normalized spacial score (nSPS) is 11.7. The highest BCUT2D eigenvalue weighted by Crippen LogP contribution is 2.43. The Kier molecular flexibility index (Phi) is 8.47. The molecule has 31 heavy (non-hydrogen) atoms. The van der Waals surface area contributed by atoms with Crippen molar-refractivity contribution in [2.45, 2.75) is 13.0 Å². The van der Waals surface area contributed by atoms with E-state index in [9.17, 15) is 9.59 Å². The number of hydrogen-bond acceptors (Lipinski definition) is 8. The molecule has 0 saturated heterocycles. The molecule has 1 unspecified atom stereocenters. The van der Waals surface area contributed by atoms with Crippen molar-refractivity contribution in [3.8, 4) is 23.0 Å². The highest BCUT2D eigenvalue weighted by atomic mass is 35.5. The Hall–Kier alpha value is -3.04. The first kappa shape index (κ1) is 24.2. The van der Waals surface area contributed by atoms with E-state index in [2.05, 4.69) is 15.5 Å². The molecule has 0 aromatic heterocycles. The Morgan fingerprint density at radius 3 is 2.03 bits per heavy atom. The quantitative estimate of drug-likeness (QED) is 0.420. The molecule has 166 valence electrons. The topological polar surface area (TPSA) is 108 Å². The van der Waals surface area contributed by atoms with Crippen LogP contribution in [0.15, 0.2) is 34.5 Å². The number of anilines is 1. The van der Waals surface area contributed by atoms with Gasteiger partial charge in [-0.3, -0.25) is 9.59 Å². The van der Waals surface area contributed by atoms with E-state index < -0.39 is 17.7 Å². The van der Waals surface area contributed by atoms with Gasteiger partial charge in [-0.05, 0) is 31.2 Å². The van der Waals surface area contributed by atoms with Gasteiger partial charge in [0.2, 0.25) is 6.04 Å². The second kappa shape index (κ2) is 10.8. The van der Waals surface area contributed by atoms with Gasteiger partial charge in [0.1, 0.15) is 11.4 Å². The molecule has 2 aromatic carbocycles. The fourth-order valence-corrected chi connectivity index (χ4v) is 3.07. The van der Waals surface area contributed by atoms with E-state index in [1.165, 1.54) is 53.6 Å².